The van der Waals surface area contributed by atoms with E-state index in [1.807, 2.05) is 4.90 Å². The molecule has 1 aromatic carbocycles. The number of nitrogens with zero attached hydrogens (tertiary/aromatic N) is 3. The van der Waals surface area contributed by atoms with Gasteiger partial charge in [0.25, 0.3) is 0 Å². The van der Waals surface area contributed by atoms with Gasteiger partial charge in [-0.05, 0) is 12.1 Å². The first-order chi connectivity index (χ1) is 10.6. The van der Waals surface area contributed by atoms with Gasteiger partial charge >= 0.3 is 0 Å². The van der Waals surface area contributed by atoms with Gasteiger partial charge in [-0.3, -0.25) is 4.90 Å². The van der Waals surface area contributed by atoms with Crippen molar-refractivity contribution in [1.29, 1.82) is 5.26 Å². The highest BCUT2D eigenvalue weighted by atomic mass is 32.2. The fourth-order valence-electron chi connectivity index (χ4n) is 2.56. The lowest BCUT2D eigenvalue weighted by atomic mass is 10.3. The highest BCUT2D eigenvalue weighted by Crippen LogP contribution is 2.33. The summed E-state index contributed by atoms with van der Waals surface area (Å²) in [5.74, 6) is 1.04. The second-order valence-corrected chi connectivity index (χ2v) is 7.08. The lowest BCUT2D eigenvalue weighted by molar-refractivity contribution is 0.171. The molecule has 0 bridgehead atoms. The monoisotopic (exact) mass is 323 g/mol. The van der Waals surface area contributed by atoms with Crippen molar-refractivity contribution in [2.75, 3.05) is 45.9 Å². The number of benzene rings is 1. The summed E-state index contributed by atoms with van der Waals surface area (Å²) < 4.78 is 37.7. The van der Waals surface area contributed by atoms with Crippen LogP contribution in [0, 0.1) is 11.3 Å². The van der Waals surface area contributed by atoms with E-state index < -0.39 is 10.0 Å². The SMILES string of the molecule is N#CCN1CCN(S(=O)(=O)c2ccc3c(c2)OCCO3)CC1. The van der Waals surface area contributed by atoms with Crippen LogP contribution >= 0.6 is 0 Å². The molecule has 0 aromatic heterocycles. The molecule has 0 aliphatic carbocycles. The molecule has 22 heavy (non-hydrogen) atoms. The smallest absolute Gasteiger partial charge is 0.243 e. The van der Waals surface area contributed by atoms with Crippen LogP contribution in [0.15, 0.2) is 23.1 Å². The van der Waals surface area contributed by atoms with Gasteiger partial charge in [-0.15, -0.1) is 0 Å². The number of piperazine rings is 1. The summed E-state index contributed by atoms with van der Waals surface area (Å²) in [6, 6.07) is 6.78. The number of hydrogen-bond acceptors (Lipinski definition) is 6. The summed E-state index contributed by atoms with van der Waals surface area (Å²) in [6.07, 6.45) is 0. The van der Waals surface area contributed by atoms with Crippen molar-refractivity contribution >= 4 is 10.0 Å². The average molecular weight is 323 g/mol. The van der Waals surface area contributed by atoms with Crippen LogP contribution in [0.25, 0.3) is 0 Å². The second kappa shape index (κ2) is 6.12. The summed E-state index contributed by atoms with van der Waals surface area (Å²) >= 11 is 0. The third-order valence-corrected chi connectivity index (χ3v) is 5.67. The first kappa shape index (κ1) is 15.1. The van der Waals surface area contributed by atoms with Gasteiger partial charge in [0.1, 0.15) is 13.2 Å². The first-order valence-corrected chi connectivity index (χ1v) is 8.54. The average Bonchev–Trinajstić information content (AvgIpc) is 2.55. The Kier molecular flexibility index (Phi) is 4.20. The van der Waals surface area contributed by atoms with Gasteiger partial charge in [0.05, 0.1) is 17.5 Å². The van der Waals surface area contributed by atoms with Crippen molar-refractivity contribution in [2.24, 2.45) is 0 Å². The maximum atomic E-state index is 12.7. The van der Waals surface area contributed by atoms with E-state index in [9.17, 15) is 8.42 Å². The standard InChI is InChI=1S/C14H17N3O4S/c15-3-4-16-5-7-17(8-6-16)22(18,19)12-1-2-13-14(11-12)21-10-9-20-13/h1-2,11H,4-10H2. The van der Waals surface area contributed by atoms with Gasteiger partial charge < -0.3 is 9.47 Å². The molecule has 3 rings (SSSR count). The second-order valence-electron chi connectivity index (χ2n) is 5.14. The molecule has 0 atom stereocenters. The summed E-state index contributed by atoms with van der Waals surface area (Å²) in [4.78, 5) is 2.15. The van der Waals surface area contributed by atoms with E-state index >= 15 is 0 Å². The molecule has 0 N–H and O–H groups in total. The third kappa shape index (κ3) is 2.88. The van der Waals surface area contributed by atoms with Crippen LogP contribution in [0.1, 0.15) is 0 Å². The van der Waals surface area contributed by atoms with Gasteiger partial charge in [-0.1, -0.05) is 0 Å². The van der Waals surface area contributed by atoms with Crippen LogP contribution in [-0.2, 0) is 10.0 Å². The van der Waals surface area contributed by atoms with Gasteiger partial charge in [0, 0.05) is 32.2 Å². The Balaban J connectivity index is 1.77. The quantitative estimate of drug-likeness (QED) is 0.744. The molecule has 0 unspecified atom stereocenters. The molecule has 0 saturated carbocycles. The van der Waals surface area contributed by atoms with Crippen molar-refractivity contribution in [3.63, 3.8) is 0 Å². The third-order valence-electron chi connectivity index (χ3n) is 3.78. The minimum atomic E-state index is -3.55. The molecule has 118 valence electrons. The Bertz CT molecular complexity index is 691. The van der Waals surface area contributed by atoms with E-state index in [4.69, 9.17) is 14.7 Å². The molecular formula is C14H17N3O4S. The van der Waals surface area contributed by atoms with Gasteiger partial charge in [0.2, 0.25) is 10.0 Å². The van der Waals surface area contributed by atoms with Crippen molar-refractivity contribution in [1.82, 2.24) is 9.21 Å². The summed E-state index contributed by atoms with van der Waals surface area (Å²) in [7, 11) is -3.55. The Labute approximate surface area is 129 Å². The van der Waals surface area contributed by atoms with Crippen LogP contribution in [0.4, 0.5) is 0 Å². The predicted molar refractivity (Wildman–Crippen MR) is 78.2 cm³/mol. The van der Waals surface area contributed by atoms with E-state index in [2.05, 4.69) is 6.07 Å². The Morgan fingerprint density at radius 2 is 1.77 bits per heavy atom. The Hall–Kier alpha value is -1.82. The molecule has 0 amide bonds. The van der Waals surface area contributed by atoms with Crippen LogP contribution in [0.5, 0.6) is 11.5 Å². The van der Waals surface area contributed by atoms with Crippen LogP contribution in [0.2, 0.25) is 0 Å². The fourth-order valence-corrected chi connectivity index (χ4v) is 4.00. The van der Waals surface area contributed by atoms with Crippen LogP contribution in [0.3, 0.4) is 0 Å². The lowest BCUT2D eigenvalue weighted by Crippen LogP contribution is -2.48. The number of ether oxygens (including phenoxy) is 2. The molecule has 1 aromatic rings. The molecule has 1 saturated heterocycles. The van der Waals surface area contributed by atoms with Crippen molar-refractivity contribution in [3.8, 4) is 17.6 Å². The molecule has 7 nitrogen and oxygen atoms in total. The maximum absolute atomic E-state index is 12.7. The molecule has 2 heterocycles. The van der Waals surface area contributed by atoms with E-state index in [0.29, 0.717) is 57.4 Å². The highest BCUT2D eigenvalue weighted by Gasteiger charge is 2.29. The molecule has 0 spiro atoms. The Morgan fingerprint density at radius 3 is 2.45 bits per heavy atom. The van der Waals surface area contributed by atoms with Gasteiger partial charge in [0.15, 0.2) is 11.5 Å². The molecular weight excluding hydrogens is 306 g/mol. The van der Waals surface area contributed by atoms with E-state index in [1.54, 1.807) is 12.1 Å². The fraction of sp³-hybridized carbons (Fsp3) is 0.500. The van der Waals surface area contributed by atoms with Crippen LogP contribution in [-0.4, -0.2) is 63.6 Å². The summed E-state index contributed by atoms with van der Waals surface area (Å²) in [5.41, 5.74) is 0. The molecule has 2 aliphatic rings. The number of nitriles is 1. The maximum Gasteiger partial charge on any atom is 0.243 e. The first-order valence-electron chi connectivity index (χ1n) is 7.10. The minimum Gasteiger partial charge on any atom is -0.486 e. The van der Waals surface area contributed by atoms with E-state index in [1.165, 1.54) is 10.4 Å². The number of hydrogen-bond donors (Lipinski definition) is 0. The molecule has 2 aliphatic heterocycles. The van der Waals surface area contributed by atoms with Crippen molar-refractivity contribution < 1.29 is 17.9 Å². The summed E-state index contributed by atoms with van der Waals surface area (Å²) in [6.45, 7) is 3.13. The number of sulfonamides is 1. The van der Waals surface area contributed by atoms with Crippen molar-refractivity contribution in [2.45, 2.75) is 4.90 Å². The molecule has 1 fully saturated rings. The van der Waals surface area contributed by atoms with Crippen LogP contribution < -0.4 is 9.47 Å². The van der Waals surface area contributed by atoms with Gasteiger partial charge in [-0.25, -0.2) is 8.42 Å². The number of rotatable bonds is 3. The van der Waals surface area contributed by atoms with E-state index in [-0.39, 0.29) is 4.90 Å². The summed E-state index contributed by atoms with van der Waals surface area (Å²) in [5, 5.41) is 8.69. The topological polar surface area (TPSA) is 82.9 Å². The van der Waals surface area contributed by atoms with E-state index in [0.717, 1.165) is 0 Å². The lowest BCUT2D eigenvalue weighted by Gasteiger charge is -2.32. The minimum absolute atomic E-state index is 0.213. The highest BCUT2D eigenvalue weighted by molar-refractivity contribution is 7.89. The molecule has 8 heteroatoms. The zero-order chi connectivity index (χ0) is 15.6. The van der Waals surface area contributed by atoms with Gasteiger partial charge in [-0.2, -0.15) is 9.57 Å². The molecule has 0 radical (unpaired) electrons. The number of fused-ring (bicyclic) bond motifs is 1. The van der Waals surface area contributed by atoms with Crippen molar-refractivity contribution in [3.05, 3.63) is 18.2 Å². The zero-order valence-electron chi connectivity index (χ0n) is 12.1. The predicted octanol–water partition coefficient (Wildman–Crippen LogP) is 0.288. The zero-order valence-corrected chi connectivity index (χ0v) is 12.9. The largest absolute Gasteiger partial charge is 0.486 e. The normalized spacial score (nSPS) is 19.6. The Morgan fingerprint density at radius 1 is 1.09 bits per heavy atom.